The number of nitrogens with zero attached hydrogens (tertiary/aromatic N) is 4. The van der Waals surface area contributed by atoms with Crippen molar-refractivity contribution in [1.82, 2.24) is 19.5 Å². The number of imidazole rings is 1. The Morgan fingerprint density at radius 1 is 1.00 bits per heavy atom. The van der Waals surface area contributed by atoms with Gasteiger partial charge in [-0.25, -0.2) is 15.0 Å². The number of phenols is 1. The Balaban J connectivity index is 1.39. The molecular weight excluding hydrogens is 442 g/mol. The molecule has 0 radical (unpaired) electrons. The minimum atomic E-state index is 0.287. The summed E-state index contributed by atoms with van der Waals surface area (Å²) in [6.07, 6.45) is 8.96. The highest BCUT2D eigenvalue weighted by atomic mass is 32.1. The van der Waals surface area contributed by atoms with E-state index >= 15 is 0 Å². The second-order valence-corrected chi connectivity index (χ2v) is 9.91. The number of fused-ring (bicyclic) bond motifs is 2. The van der Waals surface area contributed by atoms with Gasteiger partial charge in [0, 0.05) is 33.6 Å². The van der Waals surface area contributed by atoms with Crippen LogP contribution in [-0.4, -0.2) is 31.2 Å². The molecule has 6 nitrogen and oxygen atoms in total. The lowest BCUT2D eigenvalue weighted by molar-refractivity contribution is 0.358. The van der Waals surface area contributed by atoms with Crippen molar-refractivity contribution in [2.24, 2.45) is 0 Å². The van der Waals surface area contributed by atoms with Crippen molar-refractivity contribution >= 4 is 38.4 Å². The molecule has 0 saturated heterocycles. The van der Waals surface area contributed by atoms with Gasteiger partial charge in [0.15, 0.2) is 17.3 Å². The fourth-order valence-corrected chi connectivity index (χ4v) is 5.86. The van der Waals surface area contributed by atoms with Crippen molar-refractivity contribution in [3.05, 3.63) is 65.8 Å². The van der Waals surface area contributed by atoms with Crippen molar-refractivity contribution in [2.75, 3.05) is 11.9 Å². The topological polar surface area (TPSA) is 75.9 Å². The number of hydrogen-bond acceptors (Lipinski definition) is 6. The fraction of sp³-hybridized carbons (Fsp3) is 0.296. The minimum Gasteiger partial charge on any atom is -0.508 e. The number of thiophene rings is 1. The van der Waals surface area contributed by atoms with Crippen LogP contribution in [0.3, 0.4) is 0 Å². The predicted molar refractivity (Wildman–Crippen MR) is 139 cm³/mol. The molecule has 1 fully saturated rings. The van der Waals surface area contributed by atoms with E-state index in [2.05, 4.69) is 39.5 Å². The monoisotopic (exact) mass is 469 g/mol. The first-order valence-electron chi connectivity index (χ1n) is 12.0. The number of hydrogen-bond donors (Lipinski definition) is 2. The highest BCUT2D eigenvalue weighted by molar-refractivity contribution is 7.17. The maximum Gasteiger partial charge on any atom is 0.166 e. The van der Waals surface area contributed by atoms with E-state index in [0.29, 0.717) is 6.04 Å². The lowest BCUT2D eigenvalue weighted by atomic mass is 9.95. The number of phenolic OH excluding ortho intramolecular Hbond substituents is 1. The van der Waals surface area contributed by atoms with E-state index in [1.165, 1.54) is 42.2 Å². The molecule has 1 aliphatic rings. The molecule has 7 heteroatoms. The van der Waals surface area contributed by atoms with Crippen molar-refractivity contribution in [1.29, 1.82) is 0 Å². The van der Waals surface area contributed by atoms with E-state index in [1.807, 2.05) is 18.5 Å². The largest absolute Gasteiger partial charge is 0.508 e. The molecule has 0 amide bonds. The Morgan fingerprint density at radius 2 is 1.82 bits per heavy atom. The van der Waals surface area contributed by atoms with Gasteiger partial charge in [0.2, 0.25) is 0 Å². The summed E-state index contributed by atoms with van der Waals surface area (Å²) in [6, 6.07) is 16.2. The first-order valence-corrected chi connectivity index (χ1v) is 12.9. The number of nitrogens with one attached hydrogen (secondary N) is 1. The SMILES string of the molecule is Oc1ccc(CCNc2nc(-c3csc4ccccc34)nc3c2ncn3C2CCCCC2)cc1. The van der Waals surface area contributed by atoms with Gasteiger partial charge >= 0.3 is 0 Å². The van der Waals surface area contributed by atoms with Crippen LogP contribution in [0.2, 0.25) is 0 Å². The predicted octanol–water partition coefficient (Wildman–Crippen LogP) is 6.57. The quantitative estimate of drug-likeness (QED) is 0.294. The molecular formula is C27H27N5OS. The molecule has 0 unspecified atom stereocenters. The number of rotatable bonds is 6. The zero-order valence-electron chi connectivity index (χ0n) is 18.9. The smallest absolute Gasteiger partial charge is 0.166 e. The molecule has 34 heavy (non-hydrogen) atoms. The van der Waals surface area contributed by atoms with Gasteiger partial charge in [0.05, 0.1) is 6.33 Å². The maximum absolute atomic E-state index is 9.54. The number of benzene rings is 2. The number of aromatic nitrogens is 4. The Morgan fingerprint density at radius 3 is 2.68 bits per heavy atom. The van der Waals surface area contributed by atoms with Crippen LogP contribution in [0, 0.1) is 0 Å². The lowest BCUT2D eigenvalue weighted by Crippen LogP contribution is -2.13. The first-order chi connectivity index (χ1) is 16.8. The average Bonchev–Trinajstić information content (AvgIpc) is 3.50. The van der Waals surface area contributed by atoms with Gasteiger partial charge in [-0.1, -0.05) is 49.6 Å². The van der Waals surface area contributed by atoms with Crippen LogP contribution in [-0.2, 0) is 6.42 Å². The summed E-state index contributed by atoms with van der Waals surface area (Å²) in [5.74, 6) is 1.81. The summed E-state index contributed by atoms with van der Waals surface area (Å²) in [7, 11) is 0. The molecule has 6 rings (SSSR count). The second kappa shape index (κ2) is 9.06. The van der Waals surface area contributed by atoms with Crippen molar-refractivity contribution < 1.29 is 5.11 Å². The van der Waals surface area contributed by atoms with Crippen LogP contribution >= 0.6 is 11.3 Å². The molecule has 172 valence electrons. The van der Waals surface area contributed by atoms with E-state index in [-0.39, 0.29) is 5.75 Å². The van der Waals surface area contributed by atoms with Crippen molar-refractivity contribution in [2.45, 2.75) is 44.6 Å². The summed E-state index contributed by atoms with van der Waals surface area (Å²) < 4.78 is 3.52. The summed E-state index contributed by atoms with van der Waals surface area (Å²) in [5, 5.41) is 16.4. The molecule has 0 atom stereocenters. The normalized spacial score (nSPS) is 14.7. The standard InChI is InChI=1S/C27H27N5OS/c33-20-12-10-18(11-13-20)14-15-28-26-24-27(32(17-29-24)19-6-2-1-3-7-19)31-25(30-26)22-16-34-23-9-5-4-8-21(22)23/h4-5,8-13,16-17,19,33H,1-3,6-7,14-15H2,(H,28,30,31). The fourth-order valence-electron chi connectivity index (χ4n) is 4.93. The summed E-state index contributed by atoms with van der Waals surface area (Å²) >= 11 is 1.73. The van der Waals surface area contributed by atoms with Gasteiger partial charge in [-0.2, -0.15) is 0 Å². The highest BCUT2D eigenvalue weighted by Crippen LogP contribution is 2.36. The number of anilines is 1. The van der Waals surface area contributed by atoms with E-state index in [4.69, 9.17) is 15.0 Å². The van der Waals surface area contributed by atoms with E-state index in [0.717, 1.165) is 46.9 Å². The Bertz CT molecular complexity index is 1430. The third kappa shape index (κ3) is 4.01. The van der Waals surface area contributed by atoms with E-state index < -0.39 is 0 Å². The van der Waals surface area contributed by atoms with Crippen LogP contribution in [0.5, 0.6) is 5.75 Å². The molecule has 2 N–H and O–H groups in total. The summed E-state index contributed by atoms with van der Waals surface area (Å²) in [5.41, 5.74) is 3.98. The molecule has 1 saturated carbocycles. The summed E-state index contributed by atoms with van der Waals surface area (Å²) in [6.45, 7) is 0.719. The van der Waals surface area contributed by atoms with Gasteiger partial charge in [-0.05, 0) is 43.0 Å². The zero-order valence-corrected chi connectivity index (χ0v) is 19.8. The molecule has 0 spiro atoms. The van der Waals surface area contributed by atoms with Crippen LogP contribution in [0.25, 0.3) is 32.6 Å². The lowest BCUT2D eigenvalue weighted by Gasteiger charge is -2.23. The zero-order chi connectivity index (χ0) is 22.9. The van der Waals surface area contributed by atoms with Crippen LogP contribution in [0.4, 0.5) is 5.82 Å². The molecule has 0 aliphatic heterocycles. The van der Waals surface area contributed by atoms with Crippen LogP contribution in [0.15, 0.2) is 60.2 Å². The van der Waals surface area contributed by atoms with Crippen LogP contribution in [0.1, 0.15) is 43.7 Å². The Kier molecular flexibility index (Phi) is 5.63. The molecule has 3 aromatic heterocycles. The third-order valence-corrected chi connectivity index (χ3v) is 7.72. The molecule has 5 aromatic rings. The van der Waals surface area contributed by atoms with Gasteiger partial charge < -0.3 is 15.0 Å². The Hall–Kier alpha value is -3.45. The molecule has 2 aromatic carbocycles. The average molecular weight is 470 g/mol. The molecule has 0 bridgehead atoms. The third-order valence-electron chi connectivity index (χ3n) is 6.75. The summed E-state index contributed by atoms with van der Waals surface area (Å²) in [4.78, 5) is 14.8. The van der Waals surface area contributed by atoms with Crippen molar-refractivity contribution in [3.63, 3.8) is 0 Å². The van der Waals surface area contributed by atoms with Crippen LogP contribution < -0.4 is 5.32 Å². The number of aromatic hydroxyl groups is 1. The highest BCUT2D eigenvalue weighted by Gasteiger charge is 2.22. The Labute approximate surface area is 202 Å². The van der Waals surface area contributed by atoms with Gasteiger partial charge in [0.1, 0.15) is 11.3 Å². The van der Waals surface area contributed by atoms with Gasteiger partial charge in [-0.3, -0.25) is 0 Å². The van der Waals surface area contributed by atoms with E-state index in [9.17, 15) is 5.11 Å². The van der Waals surface area contributed by atoms with Gasteiger partial charge in [0.25, 0.3) is 0 Å². The first kappa shape index (κ1) is 21.1. The van der Waals surface area contributed by atoms with Crippen molar-refractivity contribution in [3.8, 4) is 17.1 Å². The minimum absolute atomic E-state index is 0.287. The molecule has 1 aliphatic carbocycles. The van der Waals surface area contributed by atoms with E-state index in [1.54, 1.807) is 23.5 Å². The maximum atomic E-state index is 9.54. The second-order valence-electron chi connectivity index (χ2n) is 9.00. The van der Waals surface area contributed by atoms with Gasteiger partial charge in [-0.15, -0.1) is 11.3 Å². The molecule has 3 heterocycles.